The maximum absolute atomic E-state index is 11.9. The van der Waals surface area contributed by atoms with E-state index in [9.17, 15) is 4.79 Å². The third-order valence-electron chi connectivity index (χ3n) is 2.81. The molecule has 1 fully saturated rings. The minimum absolute atomic E-state index is 0.153. The Bertz CT molecular complexity index is 428. The summed E-state index contributed by atoms with van der Waals surface area (Å²) in [7, 11) is 0. The van der Waals surface area contributed by atoms with Crippen molar-refractivity contribution in [2.45, 2.75) is 19.8 Å². The lowest BCUT2D eigenvalue weighted by Gasteiger charge is -2.14. The lowest BCUT2D eigenvalue weighted by Crippen LogP contribution is -2.30. The molecule has 0 bridgehead atoms. The Morgan fingerprint density at radius 2 is 2.12 bits per heavy atom. The van der Waals surface area contributed by atoms with Gasteiger partial charge in [0, 0.05) is 18.7 Å². The van der Waals surface area contributed by atoms with Crippen molar-refractivity contribution >= 4 is 34.2 Å². The molecule has 17 heavy (non-hydrogen) atoms. The molecule has 1 amide bonds. The molecule has 2 rings (SSSR count). The minimum atomic E-state index is 0.153. The molecule has 0 atom stereocenters. The fourth-order valence-electron chi connectivity index (χ4n) is 1.76. The third kappa shape index (κ3) is 3.30. The molecular formula is C13H15NOS2. The predicted octanol–water partition coefficient (Wildman–Crippen LogP) is 2.79. The van der Waals surface area contributed by atoms with E-state index >= 15 is 0 Å². The van der Waals surface area contributed by atoms with Crippen LogP contribution < -0.4 is 0 Å². The second kappa shape index (κ2) is 5.65. The lowest BCUT2D eigenvalue weighted by molar-refractivity contribution is -0.126. The summed E-state index contributed by atoms with van der Waals surface area (Å²) in [4.78, 5) is 13.7. The van der Waals surface area contributed by atoms with E-state index in [2.05, 4.69) is 31.2 Å². The van der Waals surface area contributed by atoms with Gasteiger partial charge in [0.1, 0.15) is 4.32 Å². The number of hydrogen-bond acceptors (Lipinski definition) is 3. The van der Waals surface area contributed by atoms with Gasteiger partial charge >= 0.3 is 0 Å². The zero-order chi connectivity index (χ0) is 12.3. The predicted molar refractivity (Wildman–Crippen MR) is 76.3 cm³/mol. The van der Waals surface area contributed by atoms with Gasteiger partial charge < -0.3 is 0 Å². The van der Waals surface area contributed by atoms with Crippen molar-refractivity contribution in [2.75, 3.05) is 12.3 Å². The fourth-order valence-corrected chi connectivity index (χ4v) is 3.00. The highest BCUT2D eigenvalue weighted by atomic mass is 32.2. The highest BCUT2D eigenvalue weighted by Crippen LogP contribution is 2.19. The van der Waals surface area contributed by atoms with Crippen LogP contribution in [0, 0.1) is 6.92 Å². The molecule has 4 heteroatoms. The molecule has 1 aliphatic rings. The van der Waals surface area contributed by atoms with E-state index in [4.69, 9.17) is 12.2 Å². The van der Waals surface area contributed by atoms with E-state index in [1.807, 2.05) is 0 Å². The number of benzene rings is 1. The summed E-state index contributed by atoms with van der Waals surface area (Å²) in [6.45, 7) is 2.84. The average molecular weight is 265 g/mol. The van der Waals surface area contributed by atoms with Gasteiger partial charge in [-0.15, -0.1) is 0 Å². The van der Waals surface area contributed by atoms with Crippen molar-refractivity contribution in [1.29, 1.82) is 0 Å². The normalized spacial score (nSPS) is 15.4. The smallest absolute Gasteiger partial charge is 0.228 e. The lowest BCUT2D eigenvalue weighted by atomic mass is 10.1. The van der Waals surface area contributed by atoms with Crippen LogP contribution in [0.1, 0.15) is 17.5 Å². The summed E-state index contributed by atoms with van der Waals surface area (Å²) in [5.74, 6) is 1.09. The summed E-state index contributed by atoms with van der Waals surface area (Å²) >= 11 is 6.73. The second-order valence-corrected chi connectivity index (χ2v) is 5.87. The van der Waals surface area contributed by atoms with Crippen molar-refractivity contribution in [3.63, 3.8) is 0 Å². The summed E-state index contributed by atoms with van der Waals surface area (Å²) in [6.07, 6.45) is 1.34. The van der Waals surface area contributed by atoms with Gasteiger partial charge in [0.2, 0.25) is 5.91 Å². The Hall–Kier alpha value is -0.870. The van der Waals surface area contributed by atoms with E-state index in [0.29, 0.717) is 6.42 Å². The number of thiocarbonyl (C=S) groups is 1. The van der Waals surface area contributed by atoms with Crippen LogP contribution in [-0.4, -0.2) is 27.4 Å². The first kappa shape index (κ1) is 12.6. The van der Waals surface area contributed by atoms with Gasteiger partial charge in [-0.2, -0.15) is 0 Å². The van der Waals surface area contributed by atoms with Crippen LogP contribution >= 0.6 is 24.0 Å². The molecule has 1 heterocycles. The number of nitrogens with zero attached hydrogens (tertiary/aromatic N) is 1. The highest BCUT2D eigenvalue weighted by molar-refractivity contribution is 8.23. The SMILES string of the molecule is Cc1ccc(CCC(=O)N2CCSC2=S)cc1. The highest BCUT2D eigenvalue weighted by Gasteiger charge is 2.23. The summed E-state index contributed by atoms with van der Waals surface area (Å²) < 4.78 is 0.735. The Morgan fingerprint density at radius 1 is 1.41 bits per heavy atom. The minimum Gasteiger partial charge on any atom is -0.297 e. The van der Waals surface area contributed by atoms with Crippen LogP contribution in [0.25, 0.3) is 0 Å². The molecule has 90 valence electrons. The van der Waals surface area contributed by atoms with E-state index in [0.717, 1.165) is 23.0 Å². The topological polar surface area (TPSA) is 20.3 Å². The molecule has 0 saturated carbocycles. The zero-order valence-electron chi connectivity index (χ0n) is 9.81. The molecular weight excluding hydrogens is 250 g/mol. The Morgan fingerprint density at radius 3 is 2.71 bits per heavy atom. The summed E-state index contributed by atoms with van der Waals surface area (Å²) in [6, 6.07) is 8.33. The van der Waals surface area contributed by atoms with Crippen molar-refractivity contribution in [2.24, 2.45) is 0 Å². The van der Waals surface area contributed by atoms with Crippen molar-refractivity contribution in [1.82, 2.24) is 4.90 Å². The number of hydrogen-bond donors (Lipinski definition) is 0. The summed E-state index contributed by atoms with van der Waals surface area (Å²) in [5.41, 5.74) is 2.46. The molecule has 0 spiro atoms. The Balaban J connectivity index is 1.87. The number of thioether (sulfide) groups is 1. The second-order valence-electron chi connectivity index (χ2n) is 4.15. The quantitative estimate of drug-likeness (QED) is 0.784. The van der Waals surface area contributed by atoms with Gasteiger partial charge in [0.05, 0.1) is 0 Å². The zero-order valence-corrected chi connectivity index (χ0v) is 11.4. The maximum atomic E-state index is 11.9. The molecule has 2 nitrogen and oxygen atoms in total. The first-order valence-electron chi connectivity index (χ1n) is 5.69. The molecule has 0 N–H and O–H groups in total. The van der Waals surface area contributed by atoms with Crippen LogP contribution in [0.3, 0.4) is 0 Å². The van der Waals surface area contributed by atoms with Crippen LogP contribution in [0.15, 0.2) is 24.3 Å². The average Bonchev–Trinajstić information content (AvgIpc) is 2.74. The standard InChI is InChI=1S/C13H15NOS2/c1-10-2-4-11(5-3-10)6-7-12(15)14-8-9-17-13(14)16/h2-5H,6-9H2,1H3. The number of carbonyl (C=O) groups excluding carboxylic acids is 1. The largest absolute Gasteiger partial charge is 0.297 e. The van der Waals surface area contributed by atoms with Crippen LogP contribution in [0.4, 0.5) is 0 Å². The van der Waals surface area contributed by atoms with E-state index in [1.54, 1.807) is 16.7 Å². The molecule has 1 aromatic rings. The molecule has 0 aromatic heterocycles. The molecule has 0 aliphatic carbocycles. The Labute approximate surface area is 111 Å². The molecule has 1 aliphatic heterocycles. The first-order valence-corrected chi connectivity index (χ1v) is 7.09. The monoisotopic (exact) mass is 265 g/mol. The van der Waals surface area contributed by atoms with Crippen molar-refractivity contribution in [3.05, 3.63) is 35.4 Å². The number of amides is 1. The van der Waals surface area contributed by atoms with E-state index in [-0.39, 0.29) is 5.91 Å². The van der Waals surface area contributed by atoms with Crippen LogP contribution in [-0.2, 0) is 11.2 Å². The maximum Gasteiger partial charge on any atom is 0.228 e. The first-order chi connectivity index (χ1) is 8.16. The number of carbonyl (C=O) groups is 1. The van der Waals surface area contributed by atoms with Gasteiger partial charge in [-0.05, 0) is 18.9 Å². The number of rotatable bonds is 3. The third-order valence-corrected chi connectivity index (χ3v) is 4.24. The van der Waals surface area contributed by atoms with Crippen LogP contribution in [0.2, 0.25) is 0 Å². The summed E-state index contributed by atoms with van der Waals surface area (Å²) in [5, 5.41) is 0. The van der Waals surface area contributed by atoms with Gasteiger partial charge in [-0.3, -0.25) is 9.69 Å². The van der Waals surface area contributed by atoms with Gasteiger partial charge in [-0.25, -0.2) is 0 Å². The molecule has 1 saturated heterocycles. The fraction of sp³-hybridized carbons (Fsp3) is 0.385. The molecule has 0 radical (unpaired) electrons. The van der Waals surface area contributed by atoms with E-state index < -0.39 is 0 Å². The van der Waals surface area contributed by atoms with Crippen LogP contribution in [0.5, 0.6) is 0 Å². The van der Waals surface area contributed by atoms with Gasteiger partial charge in [-0.1, -0.05) is 53.8 Å². The van der Waals surface area contributed by atoms with Gasteiger partial charge in [0.25, 0.3) is 0 Å². The van der Waals surface area contributed by atoms with Crippen molar-refractivity contribution < 1.29 is 4.79 Å². The number of aryl methyl sites for hydroxylation is 2. The van der Waals surface area contributed by atoms with Crippen molar-refractivity contribution in [3.8, 4) is 0 Å². The van der Waals surface area contributed by atoms with Gasteiger partial charge in [0.15, 0.2) is 0 Å². The molecule has 0 unspecified atom stereocenters. The van der Waals surface area contributed by atoms with E-state index in [1.165, 1.54) is 11.1 Å². The molecule has 1 aromatic carbocycles. The Kier molecular flexibility index (Phi) is 4.18.